The summed E-state index contributed by atoms with van der Waals surface area (Å²) in [5.41, 5.74) is 5.66. The monoisotopic (exact) mass is 321 g/mol. The van der Waals surface area contributed by atoms with Gasteiger partial charge in [0.25, 0.3) is 0 Å². The van der Waals surface area contributed by atoms with E-state index in [1.165, 1.54) is 6.92 Å². The van der Waals surface area contributed by atoms with E-state index in [1.807, 2.05) is 0 Å². The molecular weight excluding hydrogens is 298 g/mol. The van der Waals surface area contributed by atoms with Crippen LogP contribution in [0.3, 0.4) is 0 Å². The number of carbonyl (C=O) groups excluding carboxylic acids is 2. The molecule has 0 aliphatic carbocycles. The fraction of sp³-hybridized carbons (Fsp3) is 0.750. The Morgan fingerprint density at radius 2 is 1.67 bits per heavy atom. The molecule has 4 atom stereocenters. The molecule has 0 saturated carbocycles. The lowest BCUT2D eigenvalue weighted by Gasteiger charge is -2.23. The van der Waals surface area contributed by atoms with Crippen molar-refractivity contribution in [3.05, 3.63) is 0 Å². The van der Waals surface area contributed by atoms with E-state index in [0.29, 0.717) is 0 Å². The molecule has 21 heavy (non-hydrogen) atoms. The van der Waals surface area contributed by atoms with Gasteiger partial charge in [-0.25, -0.2) is 4.79 Å². The Bertz CT molecular complexity index is 389. The Morgan fingerprint density at radius 3 is 2.00 bits per heavy atom. The number of nitrogens with two attached hydrogens (primary N) is 1. The van der Waals surface area contributed by atoms with E-state index >= 15 is 0 Å². The summed E-state index contributed by atoms with van der Waals surface area (Å²) >= 11 is 3.95. The number of carboxylic acid groups (broad SMARTS) is 1. The van der Waals surface area contributed by atoms with E-state index < -0.39 is 42.0 Å². The predicted octanol–water partition coefficient (Wildman–Crippen LogP) is -1.67. The number of thiol groups is 1. The third-order valence-electron chi connectivity index (χ3n) is 2.88. The van der Waals surface area contributed by atoms with Crippen LogP contribution in [-0.4, -0.2) is 58.0 Å². The fourth-order valence-corrected chi connectivity index (χ4v) is 1.66. The van der Waals surface area contributed by atoms with Gasteiger partial charge in [0.05, 0.1) is 12.1 Å². The van der Waals surface area contributed by atoms with Crippen LogP contribution in [0.15, 0.2) is 0 Å². The lowest BCUT2D eigenvalue weighted by Crippen LogP contribution is -2.57. The van der Waals surface area contributed by atoms with Crippen molar-refractivity contribution in [3.8, 4) is 0 Å². The first kappa shape index (κ1) is 19.7. The molecule has 0 aromatic rings. The number of hydrogen-bond acceptors (Lipinski definition) is 6. The standard InChI is InChI=1S/C12H23N3O5S/c1-5(2)8(13)11(18)14-7(4-21)10(17)15-9(6(3)16)12(19)20/h5-9,16,21H,4,13H2,1-3H3,(H,14,18)(H,15,17)(H,19,20)/t6-,7+,8+,9+/m1/s1. The molecule has 0 unspecified atom stereocenters. The van der Waals surface area contributed by atoms with Crippen molar-refractivity contribution in [2.75, 3.05) is 5.75 Å². The highest BCUT2D eigenvalue weighted by atomic mass is 32.1. The second-order valence-electron chi connectivity index (χ2n) is 5.08. The van der Waals surface area contributed by atoms with Crippen LogP contribution in [0.1, 0.15) is 20.8 Å². The number of nitrogens with one attached hydrogen (secondary N) is 2. The molecule has 6 N–H and O–H groups in total. The molecule has 0 radical (unpaired) electrons. The van der Waals surface area contributed by atoms with Crippen molar-refractivity contribution >= 4 is 30.4 Å². The number of aliphatic hydroxyl groups is 1. The van der Waals surface area contributed by atoms with Crippen LogP contribution in [0.5, 0.6) is 0 Å². The SMILES string of the molecule is CC(C)[C@H](N)C(=O)N[C@@H](CS)C(=O)N[C@H](C(=O)O)[C@@H](C)O. The molecule has 0 rings (SSSR count). The third-order valence-corrected chi connectivity index (χ3v) is 3.25. The van der Waals surface area contributed by atoms with Crippen LogP contribution >= 0.6 is 12.6 Å². The Morgan fingerprint density at radius 1 is 1.14 bits per heavy atom. The Hall–Kier alpha value is -1.32. The number of rotatable bonds is 8. The van der Waals surface area contributed by atoms with Gasteiger partial charge in [0.1, 0.15) is 6.04 Å². The average Bonchev–Trinajstić information content (AvgIpc) is 2.39. The van der Waals surface area contributed by atoms with E-state index in [9.17, 15) is 19.5 Å². The first-order valence-corrected chi connectivity index (χ1v) is 7.13. The zero-order valence-electron chi connectivity index (χ0n) is 12.2. The summed E-state index contributed by atoms with van der Waals surface area (Å²) in [5, 5.41) is 22.7. The molecule has 9 heteroatoms. The van der Waals surface area contributed by atoms with Gasteiger partial charge in [-0.05, 0) is 12.8 Å². The minimum Gasteiger partial charge on any atom is -0.480 e. The lowest BCUT2D eigenvalue weighted by atomic mass is 10.0. The van der Waals surface area contributed by atoms with E-state index in [2.05, 4.69) is 23.3 Å². The van der Waals surface area contributed by atoms with Crippen LogP contribution in [-0.2, 0) is 14.4 Å². The van der Waals surface area contributed by atoms with E-state index in [1.54, 1.807) is 13.8 Å². The van der Waals surface area contributed by atoms with Gasteiger partial charge in [-0.15, -0.1) is 0 Å². The zero-order valence-corrected chi connectivity index (χ0v) is 13.1. The normalized spacial score (nSPS) is 16.7. The summed E-state index contributed by atoms with van der Waals surface area (Å²) in [4.78, 5) is 34.6. The van der Waals surface area contributed by atoms with Crippen molar-refractivity contribution in [2.45, 2.75) is 45.0 Å². The summed E-state index contributed by atoms with van der Waals surface area (Å²) < 4.78 is 0. The van der Waals surface area contributed by atoms with Gasteiger partial charge in [0.15, 0.2) is 6.04 Å². The molecule has 8 nitrogen and oxygen atoms in total. The van der Waals surface area contributed by atoms with Gasteiger partial charge >= 0.3 is 5.97 Å². The number of aliphatic hydroxyl groups excluding tert-OH is 1. The second-order valence-corrected chi connectivity index (χ2v) is 5.44. The maximum atomic E-state index is 11.9. The van der Waals surface area contributed by atoms with Crippen molar-refractivity contribution < 1.29 is 24.6 Å². The molecular formula is C12H23N3O5S. The first-order chi connectivity index (χ1) is 9.61. The number of amides is 2. The molecule has 0 saturated heterocycles. The lowest BCUT2D eigenvalue weighted by molar-refractivity contribution is -0.145. The van der Waals surface area contributed by atoms with Crippen LogP contribution in [0.25, 0.3) is 0 Å². The molecule has 122 valence electrons. The number of carbonyl (C=O) groups is 3. The Balaban J connectivity index is 4.76. The predicted molar refractivity (Wildman–Crippen MR) is 79.8 cm³/mol. The summed E-state index contributed by atoms with van der Waals surface area (Å²) in [6, 6.07) is -3.28. The summed E-state index contributed by atoms with van der Waals surface area (Å²) in [7, 11) is 0. The quantitative estimate of drug-likeness (QED) is 0.295. The average molecular weight is 321 g/mol. The van der Waals surface area contributed by atoms with Crippen molar-refractivity contribution in [2.24, 2.45) is 11.7 Å². The van der Waals surface area contributed by atoms with Gasteiger partial charge in [-0.2, -0.15) is 12.6 Å². The van der Waals surface area contributed by atoms with Crippen molar-refractivity contribution in [1.82, 2.24) is 10.6 Å². The maximum absolute atomic E-state index is 11.9. The summed E-state index contributed by atoms with van der Waals surface area (Å²) in [6.07, 6.45) is -1.28. The summed E-state index contributed by atoms with van der Waals surface area (Å²) in [5.74, 6) is -2.79. The molecule has 0 heterocycles. The van der Waals surface area contributed by atoms with E-state index in [-0.39, 0.29) is 11.7 Å². The smallest absolute Gasteiger partial charge is 0.328 e. The molecule has 0 aliphatic rings. The second kappa shape index (κ2) is 8.85. The minimum absolute atomic E-state index is 0.0332. The number of hydrogen-bond donors (Lipinski definition) is 6. The maximum Gasteiger partial charge on any atom is 0.328 e. The largest absolute Gasteiger partial charge is 0.480 e. The molecule has 0 bridgehead atoms. The van der Waals surface area contributed by atoms with Gasteiger partial charge in [0, 0.05) is 5.75 Å². The zero-order chi connectivity index (χ0) is 16.7. The van der Waals surface area contributed by atoms with Crippen LogP contribution in [0, 0.1) is 5.92 Å². The topological polar surface area (TPSA) is 142 Å². The number of carboxylic acids is 1. The Labute approximate surface area is 128 Å². The van der Waals surface area contributed by atoms with Gasteiger partial charge in [-0.1, -0.05) is 13.8 Å². The van der Waals surface area contributed by atoms with Crippen LogP contribution < -0.4 is 16.4 Å². The highest BCUT2D eigenvalue weighted by Gasteiger charge is 2.30. The van der Waals surface area contributed by atoms with Crippen molar-refractivity contribution in [1.29, 1.82) is 0 Å². The van der Waals surface area contributed by atoms with Crippen LogP contribution in [0.2, 0.25) is 0 Å². The van der Waals surface area contributed by atoms with Crippen molar-refractivity contribution in [3.63, 3.8) is 0 Å². The van der Waals surface area contributed by atoms with E-state index in [4.69, 9.17) is 10.8 Å². The highest BCUT2D eigenvalue weighted by Crippen LogP contribution is 2.01. The van der Waals surface area contributed by atoms with Crippen LogP contribution in [0.4, 0.5) is 0 Å². The molecule has 0 spiro atoms. The first-order valence-electron chi connectivity index (χ1n) is 6.49. The molecule has 2 amide bonds. The molecule has 0 aromatic carbocycles. The van der Waals surface area contributed by atoms with E-state index in [0.717, 1.165) is 0 Å². The molecule has 0 fully saturated rings. The third kappa shape index (κ3) is 6.32. The number of aliphatic carboxylic acids is 1. The Kier molecular flexibility index (Phi) is 8.30. The van der Waals surface area contributed by atoms with Gasteiger partial charge in [-0.3, -0.25) is 9.59 Å². The van der Waals surface area contributed by atoms with Gasteiger partial charge in [0.2, 0.25) is 11.8 Å². The molecule has 0 aliphatic heterocycles. The summed E-state index contributed by atoms with van der Waals surface area (Å²) in [6.45, 7) is 4.75. The fourth-order valence-electron chi connectivity index (χ4n) is 1.41. The molecule has 0 aromatic heterocycles. The minimum atomic E-state index is -1.46. The van der Waals surface area contributed by atoms with Gasteiger partial charge < -0.3 is 26.6 Å². The highest BCUT2D eigenvalue weighted by molar-refractivity contribution is 7.80.